The molecule has 12 rings (SSSR count). The third-order valence-corrected chi connectivity index (χ3v) is 13.5. The Hall–Kier alpha value is -5.61. The minimum Gasteiger partial charge on any atom is -0.309 e. The third-order valence-electron chi connectivity index (χ3n) is 11.2. The lowest BCUT2D eigenvalue weighted by Gasteiger charge is -2.39. The number of rotatable bonds is 1. The Morgan fingerprint density at radius 1 is 0.420 bits per heavy atom. The molecule has 0 radical (unpaired) electrons. The summed E-state index contributed by atoms with van der Waals surface area (Å²) in [5, 5.41) is 7.77. The van der Waals surface area contributed by atoms with Gasteiger partial charge in [0.25, 0.3) is 0 Å². The molecule has 2 aliphatic rings. The Morgan fingerprint density at radius 2 is 1.08 bits per heavy atom. The van der Waals surface area contributed by atoms with Gasteiger partial charge in [-0.3, -0.25) is 0 Å². The van der Waals surface area contributed by atoms with Crippen LogP contribution in [0.3, 0.4) is 0 Å². The molecule has 2 aromatic heterocycles. The van der Waals surface area contributed by atoms with E-state index >= 15 is 0 Å². The Morgan fingerprint density at radius 3 is 1.92 bits per heavy atom. The van der Waals surface area contributed by atoms with Gasteiger partial charge >= 0.3 is 0 Å². The average Bonchev–Trinajstić information content (AvgIpc) is 3.81. The van der Waals surface area contributed by atoms with Gasteiger partial charge in [0, 0.05) is 51.8 Å². The summed E-state index contributed by atoms with van der Waals surface area (Å²) in [6.45, 7) is 0. The van der Waals surface area contributed by atoms with Crippen LogP contribution in [0.2, 0.25) is 0 Å². The van der Waals surface area contributed by atoms with E-state index < -0.39 is 5.41 Å². The molecule has 0 saturated heterocycles. The Labute approximate surface area is 297 Å². The van der Waals surface area contributed by atoms with E-state index in [0.29, 0.717) is 0 Å². The molecular weight excluding hydrogens is 643 g/mol. The van der Waals surface area contributed by atoms with Crippen molar-refractivity contribution in [3.8, 4) is 16.8 Å². The number of nitrogens with zero attached hydrogens (tertiary/aromatic N) is 1. The molecule has 1 spiro atoms. The molecule has 10 aromatic rings. The molecule has 0 unspecified atom stereocenters. The van der Waals surface area contributed by atoms with Gasteiger partial charge in [-0.2, -0.15) is 0 Å². The molecule has 0 fully saturated rings. The molecule has 0 bridgehead atoms. The van der Waals surface area contributed by atoms with Gasteiger partial charge in [-0.25, -0.2) is 0 Å². The maximum Gasteiger partial charge on any atom is 0.0736 e. The predicted molar refractivity (Wildman–Crippen MR) is 213 cm³/mol. The second-order valence-electron chi connectivity index (χ2n) is 13.6. The third kappa shape index (κ3) is 3.34. The lowest BCUT2D eigenvalue weighted by atomic mass is 9.67. The number of fused-ring (bicyclic) bond motifs is 17. The Kier molecular flexibility index (Phi) is 5.32. The Balaban J connectivity index is 1.26. The quantitative estimate of drug-likeness (QED) is 0.168. The van der Waals surface area contributed by atoms with E-state index in [0.717, 1.165) is 0 Å². The van der Waals surface area contributed by atoms with Crippen LogP contribution in [0.15, 0.2) is 174 Å². The van der Waals surface area contributed by atoms with Crippen LogP contribution in [-0.4, -0.2) is 4.57 Å². The summed E-state index contributed by atoms with van der Waals surface area (Å²) >= 11 is 3.81. The molecule has 0 N–H and O–H groups in total. The zero-order valence-corrected chi connectivity index (χ0v) is 28.5. The van der Waals surface area contributed by atoms with Crippen LogP contribution in [-0.2, 0) is 5.41 Å². The highest BCUT2D eigenvalue weighted by atomic mass is 32.2. The first-order valence-corrected chi connectivity index (χ1v) is 18.8. The van der Waals surface area contributed by atoms with E-state index in [4.69, 9.17) is 0 Å². The van der Waals surface area contributed by atoms with Gasteiger partial charge in [-0.05, 0) is 75.2 Å². The smallest absolute Gasteiger partial charge is 0.0736 e. The molecule has 50 heavy (non-hydrogen) atoms. The summed E-state index contributed by atoms with van der Waals surface area (Å²) < 4.78 is 5.21. The summed E-state index contributed by atoms with van der Waals surface area (Å²) in [6, 6.07) is 61.7. The zero-order valence-electron chi connectivity index (χ0n) is 26.9. The molecule has 1 nitrogen and oxygen atoms in total. The average molecular weight is 670 g/mol. The van der Waals surface area contributed by atoms with Crippen molar-refractivity contribution in [3.63, 3.8) is 0 Å². The first-order valence-electron chi connectivity index (χ1n) is 17.2. The van der Waals surface area contributed by atoms with E-state index in [9.17, 15) is 0 Å². The largest absolute Gasteiger partial charge is 0.309 e. The van der Waals surface area contributed by atoms with Crippen molar-refractivity contribution in [2.75, 3.05) is 0 Å². The van der Waals surface area contributed by atoms with Crippen LogP contribution in [0.25, 0.3) is 69.6 Å². The van der Waals surface area contributed by atoms with Gasteiger partial charge in [0.05, 0.1) is 16.4 Å². The highest BCUT2D eigenvalue weighted by Crippen LogP contribution is 2.62. The van der Waals surface area contributed by atoms with E-state index in [1.54, 1.807) is 0 Å². The van der Waals surface area contributed by atoms with Gasteiger partial charge in [0.1, 0.15) is 0 Å². The highest BCUT2D eigenvalue weighted by Gasteiger charge is 2.50. The molecule has 1 aliphatic carbocycles. The number of hydrogen-bond acceptors (Lipinski definition) is 2. The molecule has 0 amide bonds. The lowest BCUT2D eigenvalue weighted by Crippen LogP contribution is -2.32. The van der Waals surface area contributed by atoms with Crippen molar-refractivity contribution in [1.82, 2.24) is 4.57 Å². The van der Waals surface area contributed by atoms with Gasteiger partial charge in [-0.15, -0.1) is 11.3 Å². The van der Waals surface area contributed by atoms with Crippen molar-refractivity contribution < 1.29 is 0 Å². The standard InChI is InChI=1S/C47H27NS2/c1-2-12-30-28(11-1)21-23-35-36-26-45-40(27-41(36)48(46(30)35)29-22-24-34-33-15-5-9-19-42(33)49-44(34)25-29)47(39-18-8-10-20-43(39)50-45)37-16-6-3-13-31(37)32-14-4-7-17-38(32)47/h1-27H. The van der Waals surface area contributed by atoms with Crippen molar-refractivity contribution in [2.24, 2.45) is 0 Å². The first-order chi connectivity index (χ1) is 24.8. The molecule has 3 heteroatoms. The summed E-state index contributed by atoms with van der Waals surface area (Å²) in [4.78, 5) is 2.66. The van der Waals surface area contributed by atoms with Crippen LogP contribution in [0.5, 0.6) is 0 Å². The van der Waals surface area contributed by atoms with E-state index in [1.165, 1.54) is 102 Å². The predicted octanol–water partition coefficient (Wildman–Crippen LogP) is 13.1. The molecule has 8 aromatic carbocycles. The van der Waals surface area contributed by atoms with Gasteiger partial charge in [-0.1, -0.05) is 139 Å². The van der Waals surface area contributed by atoms with Crippen molar-refractivity contribution in [2.45, 2.75) is 15.2 Å². The fourth-order valence-electron chi connectivity index (χ4n) is 9.25. The summed E-state index contributed by atoms with van der Waals surface area (Å²) in [5.41, 5.74) is 11.4. The van der Waals surface area contributed by atoms with E-state index in [1.807, 2.05) is 23.1 Å². The van der Waals surface area contributed by atoms with E-state index in [-0.39, 0.29) is 0 Å². The summed E-state index contributed by atoms with van der Waals surface area (Å²) in [7, 11) is 0. The maximum absolute atomic E-state index is 2.56. The van der Waals surface area contributed by atoms with Crippen LogP contribution in [0, 0.1) is 0 Å². The molecule has 0 atom stereocenters. The van der Waals surface area contributed by atoms with E-state index in [2.05, 4.69) is 168 Å². The molecule has 1 aliphatic heterocycles. The van der Waals surface area contributed by atoms with Crippen molar-refractivity contribution in [3.05, 3.63) is 186 Å². The fraction of sp³-hybridized carbons (Fsp3) is 0.0213. The minimum atomic E-state index is -0.419. The number of thiophene rings is 1. The number of aromatic nitrogens is 1. The van der Waals surface area contributed by atoms with Crippen molar-refractivity contribution >= 4 is 75.8 Å². The highest BCUT2D eigenvalue weighted by molar-refractivity contribution is 7.99. The topological polar surface area (TPSA) is 4.93 Å². The van der Waals surface area contributed by atoms with Crippen LogP contribution >= 0.6 is 23.1 Å². The number of hydrogen-bond donors (Lipinski definition) is 0. The molecule has 232 valence electrons. The SMILES string of the molecule is c1ccc2c(c1)Sc1cc3c4ccc5ccccc5c4n(-c4ccc5c(c4)sc4ccccc45)c3cc1C21c2ccccc2-c2ccccc21. The minimum absolute atomic E-state index is 0.419. The molecule has 0 saturated carbocycles. The van der Waals surface area contributed by atoms with Gasteiger partial charge in [0.15, 0.2) is 0 Å². The monoisotopic (exact) mass is 669 g/mol. The summed E-state index contributed by atoms with van der Waals surface area (Å²) in [6.07, 6.45) is 0. The first kappa shape index (κ1) is 27.2. The second kappa shape index (κ2) is 9.76. The van der Waals surface area contributed by atoms with Gasteiger partial charge < -0.3 is 4.57 Å². The normalized spacial score (nSPS) is 14.1. The fourth-order valence-corrected chi connectivity index (χ4v) is 11.6. The summed E-state index contributed by atoms with van der Waals surface area (Å²) in [5.74, 6) is 0. The molecule has 3 heterocycles. The molecular formula is C47H27NS2. The zero-order chi connectivity index (χ0) is 32.6. The van der Waals surface area contributed by atoms with Crippen LogP contribution < -0.4 is 0 Å². The maximum atomic E-state index is 2.56. The van der Waals surface area contributed by atoms with Crippen LogP contribution in [0.1, 0.15) is 22.3 Å². The number of benzene rings is 8. The Bertz CT molecular complexity index is 3040. The second-order valence-corrected chi connectivity index (χ2v) is 15.8. The van der Waals surface area contributed by atoms with Gasteiger partial charge in [0.2, 0.25) is 0 Å². The van der Waals surface area contributed by atoms with Crippen molar-refractivity contribution in [1.29, 1.82) is 0 Å². The lowest BCUT2D eigenvalue weighted by molar-refractivity contribution is 0.724. The van der Waals surface area contributed by atoms with Crippen LogP contribution in [0.4, 0.5) is 0 Å².